The van der Waals surface area contributed by atoms with Gasteiger partial charge in [0.25, 0.3) is 0 Å². The summed E-state index contributed by atoms with van der Waals surface area (Å²) in [5, 5.41) is 7.34. The zero-order chi connectivity index (χ0) is 18.7. The van der Waals surface area contributed by atoms with Gasteiger partial charge in [-0.25, -0.2) is 4.79 Å². The molecule has 1 rings (SSSR count). The van der Waals surface area contributed by atoms with Crippen LogP contribution in [0, 0.1) is 25.2 Å². The molecule has 1 aromatic rings. The van der Waals surface area contributed by atoms with Crippen LogP contribution < -0.4 is 5.32 Å². The minimum Gasteiger partial charge on any atom is -0.467 e. The Morgan fingerprint density at radius 2 is 1.83 bits per heavy atom. The molecule has 0 bridgehead atoms. The highest BCUT2D eigenvalue weighted by molar-refractivity contribution is 5.86. The lowest BCUT2D eigenvalue weighted by molar-refractivity contribution is -0.148. The van der Waals surface area contributed by atoms with Crippen molar-refractivity contribution in [2.45, 2.75) is 67.5 Å². The van der Waals surface area contributed by atoms with Gasteiger partial charge in [0.1, 0.15) is 6.04 Å². The van der Waals surface area contributed by atoms with Gasteiger partial charge in [-0.2, -0.15) is 5.10 Å². The summed E-state index contributed by atoms with van der Waals surface area (Å²) in [4.78, 5) is 24.4. The van der Waals surface area contributed by atoms with E-state index in [9.17, 15) is 9.59 Å². The number of nitrogens with zero attached hydrogens (tertiary/aromatic N) is 2. The summed E-state index contributed by atoms with van der Waals surface area (Å²) in [5.41, 5.74) is 2.36. The summed E-state index contributed by atoms with van der Waals surface area (Å²) in [6.07, 6.45) is 0.208. The maximum atomic E-state index is 12.5. The monoisotopic (exact) mass is 337 g/mol. The third-order valence-electron chi connectivity index (χ3n) is 4.02. The van der Waals surface area contributed by atoms with E-state index in [4.69, 9.17) is 4.74 Å². The fourth-order valence-electron chi connectivity index (χ4n) is 2.63. The van der Waals surface area contributed by atoms with E-state index < -0.39 is 17.4 Å². The molecule has 0 saturated heterocycles. The van der Waals surface area contributed by atoms with E-state index in [1.165, 1.54) is 7.11 Å². The Bertz CT molecular complexity index is 597. The van der Waals surface area contributed by atoms with Gasteiger partial charge in [0.15, 0.2) is 0 Å². The van der Waals surface area contributed by atoms with Crippen molar-refractivity contribution < 1.29 is 14.3 Å². The average molecular weight is 337 g/mol. The van der Waals surface area contributed by atoms with Gasteiger partial charge in [0.05, 0.1) is 19.2 Å². The van der Waals surface area contributed by atoms with Crippen molar-refractivity contribution >= 4 is 11.9 Å². The summed E-state index contributed by atoms with van der Waals surface area (Å²) >= 11 is 0. The Kier molecular flexibility index (Phi) is 6.58. The Morgan fingerprint density at radius 1 is 1.25 bits per heavy atom. The van der Waals surface area contributed by atoms with E-state index in [0.717, 1.165) is 23.5 Å². The van der Waals surface area contributed by atoms with Crippen molar-refractivity contribution in [1.29, 1.82) is 0 Å². The number of rotatable bonds is 6. The molecule has 0 unspecified atom stereocenters. The first-order valence-corrected chi connectivity index (χ1v) is 8.37. The smallest absolute Gasteiger partial charge is 0.328 e. The normalized spacial score (nSPS) is 13.0. The molecule has 1 aromatic heterocycles. The van der Waals surface area contributed by atoms with Crippen LogP contribution in [0.2, 0.25) is 0 Å². The highest BCUT2D eigenvalue weighted by atomic mass is 16.5. The minimum atomic E-state index is -0.679. The molecule has 1 heterocycles. The zero-order valence-corrected chi connectivity index (χ0v) is 16.2. The van der Waals surface area contributed by atoms with Crippen LogP contribution in [-0.4, -0.2) is 34.8 Å². The molecule has 1 N–H and O–H groups in total. The number of esters is 1. The first-order valence-electron chi connectivity index (χ1n) is 8.37. The van der Waals surface area contributed by atoms with Gasteiger partial charge >= 0.3 is 5.97 Å². The number of aryl methyl sites for hydroxylation is 1. The lowest BCUT2D eigenvalue weighted by atomic mass is 9.86. The molecule has 6 nitrogen and oxygen atoms in total. The number of nitrogens with one attached hydrogen (secondary N) is 1. The van der Waals surface area contributed by atoms with Gasteiger partial charge in [0, 0.05) is 17.8 Å². The number of hydrogen-bond acceptors (Lipinski definition) is 4. The Balaban J connectivity index is 2.91. The van der Waals surface area contributed by atoms with Crippen LogP contribution >= 0.6 is 0 Å². The Labute approximate surface area is 144 Å². The van der Waals surface area contributed by atoms with Gasteiger partial charge < -0.3 is 10.1 Å². The lowest BCUT2D eigenvalue weighted by Gasteiger charge is -2.29. The van der Waals surface area contributed by atoms with Gasteiger partial charge in [-0.05, 0) is 25.2 Å². The molecule has 0 aliphatic rings. The fraction of sp³-hybridized carbons (Fsp3) is 0.722. The van der Waals surface area contributed by atoms with E-state index in [1.807, 2.05) is 39.3 Å². The predicted octanol–water partition coefficient (Wildman–Crippen LogP) is 2.40. The number of hydrogen-bond donors (Lipinski definition) is 1. The number of carbonyl (C=O) groups is 2. The molecule has 0 fully saturated rings. The van der Waals surface area contributed by atoms with Crippen molar-refractivity contribution in [1.82, 2.24) is 15.1 Å². The molecular formula is C18H31N3O3. The Morgan fingerprint density at radius 3 is 2.29 bits per heavy atom. The summed E-state index contributed by atoms with van der Waals surface area (Å²) in [5.74, 6) is -0.148. The molecular weight excluding hydrogens is 306 g/mol. The van der Waals surface area contributed by atoms with Crippen molar-refractivity contribution in [2.75, 3.05) is 7.11 Å². The number of methoxy groups -OCH3 is 1. The van der Waals surface area contributed by atoms with Crippen LogP contribution in [0.5, 0.6) is 0 Å². The molecule has 0 aliphatic carbocycles. The molecule has 0 radical (unpaired) electrons. The van der Waals surface area contributed by atoms with E-state index in [-0.39, 0.29) is 12.3 Å². The Hall–Kier alpha value is -1.85. The molecule has 24 heavy (non-hydrogen) atoms. The van der Waals surface area contributed by atoms with Crippen LogP contribution in [0.3, 0.4) is 0 Å². The highest BCUT2D eigenvalue weighted by Gasteiger charge is 2.33. The van der Waals surface area contributed by atoms with Crippen LogP contribution in [-0.2, 0) is 27.3 Å². The standard InChI is InChI=1S/C18H31N3O3/c1-11(2)10-21-13(4)14(12(3)20-21)9-15(22)19-16(17(23)24-8)18(5,6)7/h11,16H,9-10H2,1-8H3,(H,19,22)/t16-/m1/s1. The number of aromatic nitrogens is 2. The van der Waals surface area contributed by atoms with Gasteiger partial charge in [-0.15, -0.1) is 0 Å². The van der Waals surface area contributed by atoms with E-state index in [0.29, 0.717) is 5.92 Å². The average Bonchev–Trinajstić information content (AvgIpc) is 2.69. The minimum absolute atomic E-state index is 0.198. The van der Waals surface area contributed by atoms with Gasteiger partial charge in [-0.1, -0.05) is 34.6 Å². The third-order valence-corrected chi connectivity index (χ3v) is 4.02. The highest BCUT2D eigenvalue weighted by Crippen LogP contribution is 2.21. The molecule has 0 aromatic carbocycles. The van der Waals surface area contributed by atoms with Crippen LogP contribution in [0.25, 0.3) is 0 Å². The summed E-state index contributed by atoms with van der Waals surface area (Å²) in [6, 6.07) is -0.679. The van der Waals surface area contributed by atoms with Gasteiger partial charge in [-0.3, -0.25) is 9.48 Å². The molecule has 0 saturated carbocycles. The molecule has 136 valence electrons. The third kappa shape index (κ3) is 5.08. The quantitative estimate of drug-likeness (QED) is 0.809. The van der Waals surface area contributed by atoms with E-state index >= 15 is 0 Å². The molecule has 1 amide bonds. The molecule has 1 atom stereocenters. The number of carbonyl (C=O) groups excluding carboxylic acids is 2. The first kappa shape index (κ1) is 20.2. The fourth-order valence-corrected chi connectivity index (χ4v) is 2.63. The topological polar surface area (TPSA) is 73.2 Å². The van der Waals surface area contributed by atoms with Crippen molar-refractivity contribution in [3.05, 3.63) is 17.0 Å². The predicted molar refractivity (Wildman–Crippen MR) is 93.6 cm³/mol. The first-order chi connectivity index (χ1) is 11.0. The van der Waals surface area contributed by atoms with E-state index in [2.05, 4.69) is 24.3 Å². The van der Waals surface area contributed by atoms with E-state index in [1.54, 1.807) is 0 Å². The van der Waals surface area contributed by atoms with Crippen molar-refractivity contribution in [3.63, 3.8) is 0 Å². The molecule has 0 spiro atoms. The second-order valence-electron chi connectivity index (χ2n) is 7.79. The maximum absolute atomic E-state index is 12.5. The largest absolute Gasteiger partial charge is 0.467 e. The number of ether oxygens (including phenoxy) is 1. The second kappa shape index (κ2) is 7.81. The van der Waals surface area contributed by atoms with Crippen LogP contribution in [0.4, 0.5) is 0 Å². The second-order valence-corrected chi connectivity index (χ2v) is 7.79. The number of amides is 1. The van der Waals surface area contributed by atoms with Crippen molar-refractivity contribution in [2.24, 2.45) is 11.3 Å². The van der Waals surface area contributed by atoms with Gasteiger partial charge in [0.2, 0.25) is 5.91 Å². The maximum Gasteiger partial charge on any atom is 0.328 e. The molecule has 6 heteroatoms. The van der Waals surface area contributed by atoms with Crippen LogP contribution in [0.15, 0.2) is 0 Å². The zero-order valence-electron chi connectivity index (χ0n) is 16.2. The lowest BCUT2D eigenvalue weighted by Crippen LogP contribution is -2.50. The molecule has 0 aliphatic heterocycles. The summed E-state index contributed by atoms with van der Waals surface area (Å²) < 4.78 is 6.76. The summed E-state index contributed by atoms with van der Waals surface area (Å²) in [7, 11) is 1.33. The summed E-state index contributed by atoms with van der Waals surface area (Å²) in [6.45, 7) is 14.7. The van der Waals surface area contributed by atoms with Crippen LogP contribution in [0.1, 0.15) is 51.6 Å². The van der Waals surface area contributed by atoms with Crippen molar-refractivity contribution in [3.8, 4) is 0 Å². The SMILES string of the molecule is COC(=O)[C@@H](NC(=O)Cc1c(C)nn(CC(C)C)c1C)C(C)(C)C.